The number of ether oxygens (including phenoxy) is 2. The van der Waals surface area contributed by atoms with E-state index in [0.29, 0.717) is 45.8 Å². The van der Waals surface area contributed by atoms with Gasteiger partial charge in [0.05, 0.1) is 31.4 Å². The molecule has 0 bridgehead atoms. The molecule has 0 radical (unpaired) electrons. The van der Waals surface area contributed by atoms with E-state index in [9.17, 15) is 14.4 Å². The van der Waals surface area contributed by atoms with Gasteiger partial charge in [-0.05, 0) is 91.8 Å². The van der Waals surface area contributed by atoms with Crippen LogP contribution in [0.4, 0.5) is 11.4 Å². The zero-order chi connectivity index (χ0) is 27.9. The topological polar surface area (TPSA) is 88.2 Å². The number of anilines is 2. The lowest BCUT2D eigenvalue weighted by atomic mass is 10.1. The molecule has 1 N–H and O–H groups in total. The smallest absolute Gasteiger partial charge is 0.338 e. The van der Waals surface area contributed by atoms with E-state index in [-0.39, 0.29) is 24.8 Å². The molecule has 8 nitrogen and oxygen atoms in total. The van der Waals surface area contributed by atoms with E-state index in [1.807, 2.05) is 24.3 Å². The van der Waals surface area contributed by atoms with Gasteiger partial charge in [-0.25, -0.2) is 4.79 Å². The van der Waals surface area contributed by atoms with Crippen molar-refractivity contribution in [3.63, 3.8) is 0 Å². The van der Waals surface area contributed by atoms with Gasteiger partial charge in [-0.2, -0.15) is 0 Å². The Morgan fingerprint density at radius 3 is 2.28 bits per heavy atom. The van der Waals surface area contributed by atoms with E-state index in [4.69, 9.17) is 33.3 Å². The van der Waals surface area contributed by atoms with Crippen LogP contribution in [0, 0.1) is 0 Å². The van der Waals surface area contributed by atoms with Crippen molar-refractivity contribution in [2.24, 2.45) is 0 Å². The first-order valence-corrected chi connectivity index (χ1v) is 13.2. The summed E-state index contributed by atoms with van der Waals surface area (Å²) >= 11 is 11.8. The van der Waals surface area contributed by atoms with E-state index in [1.165, 1.54) is 4.90 Å². The minimum atomic E-state index is -0.786. The molecule has 202 valence electrons. The number of carbonyl (C=O) groups excluding carboxylic acids is 3. The van der Waals surface area contributed by atoms with Gasteiger partial charge in [0, 0.05) is 17.3 Å². The monoisotopic (exact) mass is 565 g/mol. The van der Waals surface area contributed by atoms with Gasteiger partial charge >= 0.3 is 5.97 Å². The van der Waals surface area contributed by atoms with E-state index in [0.717, 1.165) is 5.56 Å². The predicted octanol–water partition coefficient (Wildman–Crippen LogP) is 5.10. The molecular weight excluding hydrogens is 538 g/mol. The third-order valence-corrected chi connectivity index (χ3v) is 6.93. The fraction of sp³-hybridized carbons (Fsp3) is 0.241. The maximum atomic E-state index is 13.6. The summed E-state index contributed by atoms with van der Waals surface area (Å²) in [7, 11) is 1.57. The summed E-state index contributed by atoms with van der Waals surface area (Å²) in [6.07, 6.45) is 0.500. The molecule has 2 amide bonds. The van der Waals surface area contributed by atoms with E-state index >= 15 is 0 Å². The molecule has 1 aliphatic rings. The summed E-state index contributed by atoms with van der Waals surface area (Å²) in [4.78, 5) is 41.8. The second-order valence-corrected chi connectivity index (χ2v) is 9.59. The van der Waals surface area contributed by atoms with Crippen LogP contribution in [0.3, 0.4) is 0 Å². The minimum absolute atomic E-state index is 0.105. The first-order chi connectivity index (χ1) is 18.8. The number of nitrogens with zero attached hydrogens (tertiary/aromatic N) is 2. The highest BCUT2D eigenvalue weighted by Gasteiger charge is 2.43. The van der Waals surface area contributed by atoms with Crippen molar-refractivity contribution < 1.29 is 23.9 Å². The van der Waals surface area contributed by atoms with Crippen molar-refractivity contribution >= 4 is 58.1 Å². The van der Waals surface area contributed by atoms with Gasteiger partial charge in [0.1, 0.15) is 11.8 Å². The average Bonchev–Trinajstić information content (AvgIpc) is 3.17. The number of halogens is 1. The average molecular weight is 566 g/mol. The molecule has 1 aliphatic heterocycles. The summed E-state index contributed by atoms with van der Waals surface area (Å²) in [5.41, 5.74) is 2.51. The molecule has 1 heterocycles. The van der Waals surface area contributed by atoms with Crippen molar-refractivity contribution in [3.05, 3.63) is 88.9 Å². The van der Waals surface area contributed by atoms with Crippen molar-refractivity contribution in [2.45, 2.75) is 25.8 Å². The molecule has 4 rings (SSSR count). The number of benzene rings is 3. The number of carbonyl (C=O) groups is 3. The molecule has 3 aromatic carbocycles. The van der Waals surface area contributed by atoms with Gasteiger partial charge in [0.25, 0.3) is 5.91 Å². The fourth-order valence-corrected chi connectivity index (χ4v) is 4.79. The predicted molar refractivity (Wildman–Crippen MR) is 154 cm³/mol. The SMILES string of the molecule is CCOC(=O)c1ccc(NC(=O)CC2C(=O)N(c3ccc(OC)cc3)C(=S)N2CCc2ccc(Cl)cc2)cc1. The number of thiocarbonyl (C=S) groups is 1. The molecule has 0 aromatic heterocycles. The Hall–Kier alpha value is -3.95. The Labute approximate surface area is 237 Å². The number of esters is 1. The Balaban J connectivity index is 1.51. The lowest BCUT2D eigenvalue weighted by molar-refractivity contribution is -0.124. The largest absolute Gasteiger partial charge is 0.497 e. The molecule has 0 aliphatic carbocycles. The van der Waals surface area contributed by atoms with Gasteiger partial charge in [0.15, 0.2) is 5.11 Å². The Morgan fingerprint density at radius 2 is 1.67 bits per heavy atom. The number of methoxy groups -OCH3 is 1. The fourth-order valence-electron chi connectivity index (χ4n) is 4.25. The van der Waals surface area contributed by atoms with Crippen LogP contribution < -0.4 is 15.0 Å². The molecule has 3 aromatic rings. The Bertz CT molecular complexity index is 1350. The summed E-state index contributed by atoms with van der Waals surface area (Å²) in [5.74, 6) is -0.418. The summed E-state index contributed by atoms with van der Waals surface area (Å²) < 4.78 is 10.2. The quantitative estimate of drug-likeness (QED) is 0.270. The third-order valence-electron chi connectivity index (χ3n) is 6.26. The van der Waals surface area contributed by atoms with Crippen molar-refractivity contribution in [1.29, 1.82) is 0 Å². The zero-order valence-electron chi connectivity index (χ0n) is 21.6. The highest BCUT2D eigenvalue weighted by molar-refractivity contribution is 7.80. The van der Waals surface area contributed by atoms with Crippen molar-refractivity contribution in [3.8, 4) is 5.75 Å². The van der Waals surface area contributed by atoms with Gasteiger partial charge in [-0.15, -0.1) is 0 Å². The van der Waals surface area contributed by atoms with Crippen LogP contribution in [0.1, 0.15) is 29.3 Å². The number of hydrogen-bond acceptors (Lipinski definition) is 6. The number of hydrogen-bond donors (Lipinski definition) is 1. The lowest BCUT2D eigenvalue weighted by Crippen LogP contribution is -2.39. The second-order valence-electron chi connectivity index (χ2n) is 8.79. The highest BCUT2D eigenvalue weighted by Crippen LogP contribution is 2.29. The summed E-state index contributed by atoms with van der Waals surface area (Å²) in [5, 5.41) is 3.78. The number of amides is 2. The van der Waals surface area contributed by atoms with Crippen LogP contribution in [0.25, 0.3) is 0 Å². The van der Waals surface area contributed by atoms with Gasteiger partial charge < -0.3 is 19.7 Å². The lowest BCUT2D eigenvalue weighted by Gasteiger charge is -2.24. The molecular formula is C29H28ClN3O5S. The van der Waals surface area contributed by atoms with E-state index in [2.05, 4.69) is 5.32 Å². The molecule has 39 heavy (non-hydrogen) atoms. The minimum Gasteiger partial charge on any atom is -0.497 e. The summed E-state index contributed by atoms with van der Waals surface area (Å²) in [6.45, 7) is 2.44. The maximum absolute atomic E-state index is 13.6. The first-order valence-electron chi connectivity index (χ1n) is 12.4. The van der Waals surface area contributed by atoms with Crippen LogP contribution in [-0.2, 0) is 20.7 Å². The van der Waals surface area contributed by atoms with Crippen LogP contribution in [-0.4, -0.2) is 54.1 Å². The Kier molecular flexibility index (Phi) is 9.16. The number of rotatable bonds is 10. The van der Waals surface area contributed by atoms with Crippen molar-refractivity contribution in [2.75, 3.05) is 30.5 Å². The van der Waals surface area contributed by atoms with Crippen LogP contribution >= 0.6 is 23.8 Å². The van der Waals surface area contributed by atoms with Crippen LogP contribution in [0.2, 0.25) is 5.02 Å². The normalized spacial score (nSPS) is 14.9. The van der Waals surface area contributed by atoms with Gasteiger partial charge in [-0.3, -0.25) is 14.5 Å². The van der Waals surface area contributed by atoms with Gasteiger partial charge in [-0.1, -0.05) is 23.7 Å². The third kappa shape index (κ3) is 6.74. The first kappa shape index (κ1) is 28.1. The highest BCUT2D eigenvalue weighted by atomic mass is 35.5. The van der Waals surface area contributed by atoms with Crippen LogP contribution in [0.5, 0.6) is 5.75 Å². The second kappa shape index (κ2) is 12.7. The molecule has 0 spiro atoms. The number of nitrogens with one attached hydrogen (secondary N) is 1. The molecule has 1 fully saturated rings. The maximum Gasteiger partial charge on any atom is 0.338 e. The Morgan fingerprint density at radius 1 is 1.00 bits per heavy atom. The molecule has 10 heteroatoms. The molecule has 0 saturated carbocycles. The van der Waals surface area contributed by atoms with Crippen LogP contribution in [0.15, 0.2) is 72.8 Å². The van der Waals surface area contributed by atoms with Crippen molar-refractivity contribution in [1.82, 2.24) is 4.90 Å². The molecule has 1 unspecified atom stereocenters. The van der Waals surface area contributed by atoms with Gasteiger partial charge in [0.2, 0.25) is 5.91 Å². The van der Waals surface area contributed by atoms with E-state index < -0.39 is 12.0 Å². The molecule has 1 atom stereocenters. The standard InChI is InChI=1S/C29H28ClN3O5S/c1-3-38-28(36)20-6-10-22(11-7-20)31-26(34)18-25-27(35)33(23-12-14-24(37-2)15-13-23)29(39)32(25)17-16-19-4-8-21(30)9-5-19/h4-15,25H,3,16-18H2,1-2H3,(H,31,34). The zero-order valence-corrected chi connectivity index (χ0v) is 23.1. The van der Waals surface area contributed by atoms with E-state index in [1.54, 1.807) is 67.5 Å². The summed E-state index contributed by atoms with van der Waals surface area (Å²) in [6, 6.07) is 20.1. The molecule has 1 saturated heterocycles.